The fourth-order valence-electron chi connectivity index (χ4n) is 2.87. The summed E-state index contributed by atoms with van der Waals surface area (Å²) in [6, 6.07) is 13.9. The number of nitrogens with one attached hydrogen (secondary N) is 1. The molecule has 1 N–H and O–H groups in total. The van der Waals surface area contributed by atoms with Gasteiger partial charge in [0, 0.05) is 22.2 Å². The van der Waals surface area contributed by atoms with E-state index in [0.29, 0.717) is 0 Å². The highest BCUT2D eigenvalue weighted by atomic mass is 35.5. The van der Waals surface area contributed by atoms with Crippen LogP contribution in [0.4, 0.5) is 5.69 Å². The number of allylic oxidation sites excluding steroid dienone is 2. The molecule has 3 rings (SSSR count). The first-order chi connectivity index (χ1) is 11.1. The number of rotatable bonds is 3. The highest BCUT2D eigenvalue weighted by Gasteiger charge is 2.18. The Hall–Kier alpha value is -2.06. The van der Waals surface area contributed by atoms with Gasteiger partial charge in [-0.2, -0.15) is 0 Å². The maximum atomic E-state index is 12.3. The van der Waals surface area contributed by atoms with Crippen molar-refractivity contribution in [2.75, 3.05) is 5.32 Å². The Morgan fingerprint density at radius 3 is 2.61 bits per heavy atom. The number of benzene rings is 2. The van der Waals surface area contributed by atoms with Crippen molar-refractivity contribution < 1.29 is 4.79 Å². The van der Waals surface area contributed by atoms with Crippen LogP contribution in [0.5, 0.6) is 0 Å². The van der Waals surface area contributed by atoms with Crippen molar-refractivity contribution in [1.82, 2.24) is 0 Å². The SMILES string of the molecule is Cc1ccc(Cl)c(-c2ccc(NC(=O)C3CC=CCC3)cc2)c1. The van der Waals surface area contributed by atoms with Crippen molar-refractivity contribution >= 4 is 23.2 Å². The van der Waals surface area contributed by atoms with E-state index in [-0.39, 0.29) is 11.8 Å². The van der Waals surface area contributed by atoms with Crippen LogP contribution in [0.2, 0.25) is 5.02 Å². The van der Waals surface area contributed by atoms with Gasteiger partial charge >= 0.3 is 0 Å². The lowest BCUT2D eigenvalue weighted by atomic mass is 9.93. The summed E-state index contributed by atoms with van der Waals surface area (Å²) in [6.45, 7) is 2.05. The minimum atomic E-state index is 0.0888. The Kier molecular flexibility index (Phi) is 4.82. The normalized spacial score (nSPS) is 17.0. The zero-order valence-electron chi connectivity index (χ0n) is 13.2. The van der Waals surface area contributed by atoms with Gasteiger partial charge in [0.05, 0.1) is 0 Å². The Labute approximate surface area is 142 Å². The molecule has 0 aromatic heterocycles. The monoisotopic (exact) mass is 325 g/mol. The summed E-state index contributed by atoms with van der Waals surface area (Å²) < 4.78 is 0. The zero-order valence-corrected chi connectivity index (χ0v) is 13.9. The van der Waals surface area contributed by atoms with E-state index < -0.39 is 0 Å². The average Bonchev–Trinajstić information content (AvgIpc) is 2.58. The van der Waals surface area contributed by atoms with Crippen LogP contribution in [0, 0.1) is 12.8 Å². The molecule has 2 aromatic rings. The van der Waals surface area contributed by atoms with Gasteiger partial charge in [0.1, 0.15) is 0 Å². The highest BCUT2D eigenvalue weighted by molar-refractivity contribution is 6.33. The molecule has 118 valence electrons. The summed E-state index contributed by atoms with van der Waals surface area (Å²) in [5.74, 6) is 0.196. The summed E-state index contributed by atoms with van der Waals surface area (Å²) >= 11 is 6.28. The third kappa shape index (κ3) is 3.83. The smallest absolute Gasteiger partial charge is 0.227 e. The molecule has 1 atom stereocenters. The van der Waals surface area contributed by atoms with E-state index in [2.05, 4.69) is 23.5 Å². The molecule has 2 aromatic carbocycles. The second-order valence-corrected chi connectivity index (χ2v) is 6.44. The highest BCUT2D eigenvalue weighted by Crippen LogP contribution is 2.30. The summed E-state index contributed by atoms with van der Waals surface area (Å²) in [6.07, 6.45) is 6.99. The van der Waals surface area contributed by atoms with Crippen molar-refractivity contribution in [3.8, 4) is 11.1 Å². The second kappa shape index (κ2) is 7.01. The Balaban J connectivity index is 1.73. The summed E-state index contributed by atoms with van der Waals surface area (Å²) in [4.78, 5) is 12.3. The van der Waals surface area contributed by atoms with Crippen molar-refractivity contribution in [3.05, 3.63) is 65.2 Å². The number of aryl methyl sites for hydroxylation is 1. The lowest BCUT2D eigenvalue weighted by Gasteiger charge is -2.17. The molecule has 3 heteroatoms. The number of carbonyl (C=O) groups is 1. The van der Waals surface area contributed by atoms with E-state index in [0.717, 1.165) is 41.1 Å². The topological polar surface area (TPSA) is 29.1 Å². The summed E-state index contributed by atoms with van der Waals surface area (Å²) in [5, 5.41) is 3.75. The maximum Gasteiger partial charge on any atom is 0.227 e. The molecule has 1 aliphatic rings. The standard InChI is InChI=1S/C20H20ClNO/c1-14-7-12-19(21)18(13-14)15-8-10-17(11-9-15)22-20(23)16-5-3-2-4-6-16/h2-3,7-13,16H,4-6H2,1H3,(H,22,23). The molecule has 0 fully saturated rings. The molecule has 0 heterocycles. The number of amides is 1. The van der Waals surface area contributed by atoms with E-state index in [4.69, 9.17) is 11.6 Å². The molecule has 0 radical (unpaired) electrons. The predicted octanol–water partition coefficient (Wildman–Crippen LogP) is 5.61. The van der Waals surface area contributed by atoms with Crippen LogP contribution in [0.25, 0.3) is 11.1 Å². The molecule has 0 saturated carbocycles. The molecule has 0 saturated heterocycles. The summed E-state index contributed by atoms with van der Waals surface area (Å²) in [5.41, 5.74) is 4.07. The maximum absolute atomic E-state index is 12.3. The van der Waals surface area contributed by atoms with Crippen LogP contribution in [-0.4, -0.2) is 5.91 Å². The van der Waals surface area contributed by atoms with Crippen LogP contribution < -0.4 is 5.32 Å². The first kappa shape index (κ1) is 15.8. The largest absolute Gasteiger partial charge is 0.326 e. The van der Waals surface area contributed by atoms with Crippen molar-refractivity contribution in [2.45, 2.75) is 26.2 Å². The van der Waals surface area contributed by atoms with Gasteiger partial charge in [-0.25, -0.2) is 0 Å². The van der Waals surface area contributed by atoms with Crippen LogP contribution in [0.15, 0.2) is 54.6 Å². The minimum Gasteiger partial charge on any atom is -0.326 e. The zero-order chi connectivity index (χ0) is 16.2. The van der Waals surface area contributed by atoms with Gasteiger partial charge in [-0.3, -0.25) is 4.79 Å². The molecule has 1 aliphatic carbocycles. The molecule has 1 unspecified atom stereocenters. The first-order valence-corrected chi connectivity index (χ1v) is 8.34. The molecule has 0 spiro atoms. The van der Waals surface area contributed by atoms with Crippen LogP contribution in [0.1, 0.15) is 24.8 Å². The molecule has 1 amide bonds. The van der Waals surface area contributed by atoms with E-state index in [1.165, 1.54) is 5.56 Å². The quantitative estimate of drug-likeness (QED) is 0.730. The molecule has 2 nitrogen and oxygen atoms in total. The van der Waals surface area contributed by atoms with Gasteiger partial charge in [0.25, 0.3) is 0 Å². The van der Waals surface area contributed by atoms with E-state index in [9.17, 15) is 4.79 Å². The van der Waals surface area contributed by atoms with Gasteiger partial charge < -0.3 is 5.32 Å². The van der Waals surface area contributed by atoms with Gasteiger partial charge in [0.2, 0.25) is 5.91 Å². The molecular weight excluding hydrogens is 306 g/mol. The van der Waals surface area contributed by atoms with Gasteiger partial charge in [0.15, 0.2) is 0 Å². The first-order valence-electron chi connectivity index (χ1n) is 7.96. The lowest BCUT2D eigenvalue weighted by Crippen LogP contribution is -2.23. The van der Waals surface area contributed by atoms with E-state index >= 15 is 0 Å². The van der Waals surface area contributed by atoms with Gasteiger partial charge in [-0.15, -0.1) is 0 Å². The lowest BCUT2D eigenvalue weighted by molar-refractivity contribution is -0.120. The van der Waals surface area contributed by atoms with Gasteiger partial charge in [-0.05, 0) is 56.0 Å². The number of carbonyl (C=O) groups excluding carboxylic acids is 1. The fourth-order valence-corrected chi connectivity index (χ4v) is 3.10. The third-order valence-electron chi connectivity index (χ3n) is 4.23. The number of hydrogen-bond donors (Lipinski definition) is 1. The third-order valence-corrected chi connectivity index (χ3v) is 4.55. The average molecular weight is 326 g/mol. The number of halogens is 1. The van der Waals surface area contributed by atoms with Crippen LogP contribution >= 0.6 is 11.6 Å². The Morgan fingerprint density at radius 1 is 1.13 bits per heavy atom. The van der Waals surface area contributed by atoms with E-state index in [1.807, 2.05) is 43.3 Å². The Bertz CT molecular complexity index is 734. The van der Waals surface area contributed by atoms with E-state index in [1.54, 1.807) is 0 Å². The van der Waals surface area contributed by atoms with Gasteiger partial charge in [-0.1, -0.05) is 47.5 Å². The molecular formula is C20H20ClNO. The van der Waals surface area contributed by atoms with Crippen molar-refractivity contribution in [1.29, 1.82) is 0 Å². The predicted molar refractivity (Wildman–Crippen MR) is 96.7 cm³/mol. The van der Waals surface area contributed by atoms with Crippen molar-refractivity contribution in [2.24, 2.45) is 5.92 Å². The number of anilines is 1. The fraction of sp³-hybridized carbons (Fsp3) is 0.250. The van der Waals surface area contributed by atoms with Crippen LogP contribution in [0.3, 0.4) is 0 Å². The van der Waals surface area contributed by atoms with Crippen molar-refractivity contribution in [3.63, 3.8) is 0 Å². The Morgan fingerprint density at radius 2 is 1.91 bits per heavy atom. The molecule has 0 bridgehead atoms. The second-order valence-electron chi connectivity index (χ2n) is 6.03. The number of hydrogen-bond acceptors (Lipinski definition) is 1. The summed E-state index contributed by atoms with van der Waals surface area (Å²) in [7, 11) is 0. The molecule has 23 heavy (non-hydrogen) atoms. The van der Waals surface area contributed by atoms with Crippen LogP contribution in [-0.2, 0) is 4.79 Å². The molecule has 0 aliphatic heterocycles. The minimum absolute atomic E-state index is 0.0888.